The Kier molecular flexibility index (Phi) is 5.23. The van der Waals surface area contributed by atoms with Crippen molar-refractivity contribution in [2.24, 2.45) is 5.92 Å². The highest BCUT2D eigenvalue weighted by atomic mass is 32.2. The van der Waals surface area contributed by atoms with Gasteiger partial charge in [0, 0.05) is 11.9 Å². The van der Waals surface area contributed by atoms with E-state index in [1.807, 2.05) is 25.1 Å². The third kappa shape index (κ3) is 4.21. The van der Waals surface area contributed by atoms with Crippen LogP contribution in [-0.4, -0.2) is 22.7 Å². The molecule has 21 heavy (non-hydrogen) atoms. The van der Waals surface area contributed by atoms with Crippen LogP contribution >= 0.6 is 11.8 Å². The van der Waals surface area contributed by atoms with Gasteiger partial charge in [0.15, 0.2) is 0 Å². The van der Waals surface area contributed by atoms with E-state index in [0.29, 0.717) is 12.5 Å². The molecule has 1 N–H and O–H groups in total. The van der Waals surface area contributed by atoms with Crippen molar-refractivity contribution >= 4 is 28.6 Å². The maximum atomic E-state index is 12.0. The Morgan fingerprint density at radius 2 is 2.00 bits per heavy atom. The average Bonchev–Trinajstić information content (AvgIpc) is 2.44. The number of para-hydroxylation sites is 1. The van der Waals surface area contributed by atoms with Gasteiger partial charge in [-0.1, -0.05) is 43.8 Å². The summed E-state index contributed by atoms with van der Waals surface area (Å²) in [6.45, 7) is 8.90. The molecule has 1 aromatic heterocycles. The number of aromatic nitrogens is 1. The summed E-state index contributed by atoms with van der Waals surface area (Å²) in [5, 5.41) is 4.89. The van der Waals surface area contributed by atoms with E-state index >= 15 is 0 Å². The minimum Gasteiger partial charge on any atom is -0.355 e. The predicted molar refractivity (Wildman–Crippen MR) is 89.6 cm³/mol. The molecule has 0 fully saturated rings. The van der Waals surface area contributed by atoms with Crippen LogP contribution in [0.4, 0.5) is 0 Å². The minimum absolute atomic E-state index is 0.0707. The number of carbonyl (C=O) groups excluding carboxylic acids is 1. The second-order valence-electron chi connectivity index (χ2n) is 5.69. The lowest BCUT2D eigenvalue weighted by atomic mass is 10.1. The summed E-state index contributed by atoms with van der Waals surface area (Å²) < 4.78 is 0. The molecule has 1 amide bonds. The topological polar surface area (TPSA) is 42.0 Å². The third-order valence-electron chi connectivity index (χ3n) is 3.25. The second kappa shape index (κ2) is 6.94. The highest BCUT2D eigenvalue weighted by Crippen LogP contribution is 2.26. The van der Waals surface area contributed by atoms with Gasteiger partial charge in [-0.2, -0.15) is 0 Å². The van der Waals surface area contributed by atoms with Crippen LogP contribution in [0.2, 0.25) is 0 Å². The third-order valence-corrected chi connectivity index (χ3v) is 4.27. The van der Waals surface area contributed by atoms with E-state index in [9.17, 15) is 4.79 Å². The number of thioether (sulfide) groups is 1. The SMILES string of the molecule is Cc1cc(SC(C)C(=O)NCC(C)C)nc2ccccc12. The maximum Gasteiger partial charge on any atom is 0.233 e. The Balaban J connectivity index is 2.10. The quantitative estimate of drug-likeness (QED) is 0.854. The van der Waals surface area contributed by atoms with Gasteiger partial charge in [-0.15, -0.1) is 0 Å². The fraction of sp³-hybridized carbons (Fsp3) is 0.412. The Morgan fingerprint density at radius 3 is 2.71 bits per heavy atom. The average molecular weight is 302 g/mol. The standard InChI is InChI=1S/C17H22N2OS/c1-11(2)10-18-17(20)13(4)21-16-9-12(3)14-7-5-6-8-15(14)19-16/h5-9,11,13H,10H2,1-4H3,(H,18,20). The Bertz CT molecular complexity index is 640. The molecule has 0 saturated heterocycles. The fourth-order valence-electron chi connectivity index (χ4n) is 2.06. The number of amides is 1. The lowest BCUT2D eigenvalue weighted by Gasteiger charge is -2.13. The normalized spacial score (nSPS) is 12.6. The molecular weight excluding hydrogens is 280 g/mol. The number of nitrogens with zero attached hydrogens (tertiary/aromatic N) is 1. The van der Waals surface area contributed by atoms with E-state index in [-0.39, 0.29) is 11.2 Å². The number of rotatable bonds is 5. The first-order chi connectivity index (χ1) is 9.97. The fourth-order valence-corrected chi connectivity index (χ4v) is 3.01. The Morgan fingerprint density at radius 1 is 1.29 bits per heavy atom. The van der Waals surface area contributed by atoms with Crippen molar-refractivity contribution in [2.45, 2.75) is 38.0 Å². The molecule has 2 rings (SSSR count). The molecule has 1 atom stereocenters. The molecule has 0 aliphatic heterocycles. The van der Waals surface area contributed by atoms with Crippen LogP contribution in [-0.2, 0) is 4.79 Å². The van der Waals surface area contributed by atoms with Gasteiger partial charge in [-0.25, -0.2) is 4.98 Å². The van der Waals surface area contributed by atoms with Gasteiger partial charge in [-0.3, -0.25) is 4.79 Å². The number of carbonyl (C=O) groups is 1. The summed E-state index contributed by atoms with van der Waals surface area (Å²) >= 11 is 1.51. The van der Waals surface area contributed by atoms with E-state index in [4.69, 9.17) is 0 Å². The summed E-state index contributed by atoms with van der Waals surface area (Å²) in [6.07, 6.45) is 0. The molecule has 1 heterocycles. The molecular formula is C17H22N2OS. The zero-order valence-electron chi connectivity index (χ0n) is 13.0. The molecule has 0 radical (unpaired) electrons. The van der Waals surface area contributed by atoms with Crippen LogP contribution in [0.3, 0.4) is 0 Å². The summed E-state index contributed by atoms with van der Waals surface area (Å²) in [5.41, 5.74) is 2.17. The highest BCUT2D eigenvalue weighted by Gasteiger charge is 2.15. The van der Waals surface area contributed by atoms with E-state index < -0.39 is 0 Å². The smallest absolute Gasteiger partial charge is 0.233 e. The first-order valence-corrected chi connectivity index (χ1v) is 8.16. The van der Waals surface area contributed by atoms with Crippen LogP contribution in [0.25, 0.3) is 10.9 Å². The largest absolute Gasteiger partial charge is 0.355 e. The highest BCUT2D eigenvalue weighted by molar-refractivity contribution is 8.00. The lowest BCUT2D eigenvalue weighted by molar-refractivity contribution is -0.120. The summed E-state index contributed by atoms with van der Waals surface area (Å²) in [5.74, 6) is 0.536. The molecule has 4 heteroatoms. The maximum absolute atomic E-state index is 12.0. The molecule has 1 aromatic carbocycles. The molecule has 0 spiro atoms. The van der Waals surface area contributed by atoms with Gasteiger partial charge < -0.3 is 5.32 Å². The molecule has 0 aliphatic carbocycles. The number of fused-ring (bicyclic) bond motifs is 1. The van der Waals surface area contributed by atoms with Gasteiger partial charge in [0.25, 0.3) is 0 Å². The number of pyridine rings is 1. The number of benzene rings is 1. The molecule has 1 unspecified atom stereocenters. The molecule has 112 valence electrons. The molecule has 2 aromatic rings. The number of hydrogen-bond donors (Lipinski definition) is 1. The second-order valence-corrected chi connectivity index (χ2v) is 7.05. The van der Waals surface area contributed by atoms with Crippen LogP contribution in [0, 0.1) is 12.8 Å². The van der Waals surface area contributed by atoms with Crippen molar-refractivity contribution in [1.29, 1.82) is 0 Å². The van der Waals surface area contributed by atoms with Crippen molar-refractivity contribution in [2.75, 3.05) is 6.54 Å². The number of aryl methyl sites for hydroxylation is 1. The van der Waals surface area contributed by atoms with Crippen molar-refractivity contribution in [3.63, 3.8) is 0 Å². The number of nitrogens with one attached hydrogen (secondary N) is 1. The monoisotopic (exact) mass is 302 g/mol. The van der Waals surface area contributed by atoms with Gasteiger partial charge in [0.05, 0.1) is 15.8 Å². The van der Waals surface area contributed by atoms with Gasteiger partial charge in [0.1, 0.15) is 0 Å². The minimum atomic E-state index is -0.142. The summed E-state index contributed by atoms with van der Waals surface area (Å²) in [6, 6.07) is 10.1. The van der Waals surface area contributed by atoms with Crippen LogP contribution in [0.5, 0.6) is 0 Å². The molecule has 0 bridgehead atoms. The zero-order valence-corrected chi connectivity index (χ0v) is 13.8. The van der Waals surface area contributed by atoms with Gasteiger partial charge in [0.2, 0.25) is 5.91 Å². The van der Waals surface area contributed by atoms with E-state index in [1.165, 1.54) is 22.7 Å². The number of hydrogen-bond acceptors (Lipinski definition) is 3. The first-order valence-electron chi connectivity index (χ1n) is 7.28. The summed E-state index contributed by atoms with van der Waals surface area (Å²) in [4.78, 5) is 16.7. The Hall–Kier alpha value is -1.55. The van der Waals surface area contributed by atoms with Crippen LogP contribution in [0.1, 0.15) is 26.3 Å². The zero-order chi connectivity index (χ0) is 15.4. The predicted octanol–water partition coefficient (Wildman–Crippen LogP) is 3.80. The van der Waals surface area contributed by atoms with Crippen LogP contribution < -0.4 is 5.32 Å². The molecule has 0 saturated carbocycles. The first kappa shape index (κ1) is 15.8. The molecule has 3 nitrogen and oxygen atoms in total. The molecule has 0 aliphatic rings. The van der Waals surface area contributed by atoms with Crippen molar-refractivity contribution in [3.05, 3.63) is 35.9 Å². The van der Waals surface area contributed by atoms with E-state index in [1.54, 1.807) is 0 Å². The van der Waals surface area contributed by atoms with Gasteiger partial charge in [-0.05, 0) is 37.5 Å². The lowest BCUT2D eigenvalue weighted by Crippen LogP contribution is -2.33. The van der Waals surface area contributed by atoms with E-state index in [0.717, 1.165) is 10.5 Å². The Labute approximate surface area is 130 Å². The van der Waals surface area contributed by atoms with Gasteiger partial charge >= 0.3 is 0 Å². The van der Waals surface area contributed by atoms with Crippen molar-refractivity contribution in [3.8, 4) is 0 Å². The van der Waals surface area contributed by atoms with Crippen molar-refractivity contribution in [1.82, 2.24) is 10.3 Å². The van der Waals surface area contributed by atoms with Crippen LogP contribution in [0.15, 0.2) is 35.4 Å². The van der Waals surface area contributed by atoms with Crippen molar-refractivity contribution < 1.29 is 4.79 Å². The van der Waals surface area contributed by atoms with E-state index in [2.05, 4.69) is 43.2 Å². The summed E-state index contributed by atoms with van der Waals surface area (Å²) in [7, 11) is 0.